The van der Waals surface area contributed by atoms with Gasteiger partial charge in [-0.2, -0.15) is 0 Å². The van der Waals surface area contributed by atoms with Gasteiger partial charge in [-0.3, -0.25) is 4.79 Å². The van der Waals surface area contributed by atoms with Crippen molar-refractivity contribution in [1.82, 2.24) is 5.32 Å². The van der Waals surface area contributed by atoms with Crippen LogP contribution in [0.15, 0.2) is 0 Å². The number of rotatable bonds is 12. The molecule has 0 bridgehead atoms. The first-order chi connectivity index (χ1) is 9.07. The molecule has 1 atom stereocenters. The van der Waals surface area contributed by atoms with E-state index in [-0.39, 0.29) is 11.8 Å². The zero-order valence-corrected chi connectivity index (χ0v) is 13.6. The molecule has 0 aromatic heterocycles. The van der Waals surface area contributed by atoms with Crippen LogP contribution in [-0.2, 0) is 4.79 Å². The van der Waals surface area contributed by atoms with Crippen LogP contribution in [0.4, 0.5) is 0 Å². The monoisotopic (exact) mass is 269 g/mol. The summed E-state index contributed by atoms with van der Waals surface area (Å²) in [5.74, 6) is 1.21. The topological polar surface area (TPSA) is 29.1 Å². The third kappa shape index (κ3) is 12.3. The number of carbonyl (C=O) groups excluding carboxylic acids is 1. The number of hydrogen-bond acceptors (Lipinski definition) is 1. The summed E-state index contributed by atoms with van der Waals surface area (Å²) in [6.45, 7) is 9.36. The Morgan fingerprint density at radius 3 is 1.95 bits per heavy atom. The van der Waals surface area contributed by atoms with Gasteiger partial charge in [0.25, 0.3) is 0 Å². The average molecular weight is 269 g/mol. The van der Waals surface area contributed by atoms with E-state index in [0.29, 0.717) is 0 Å². The van der Waals surface area contributed by atoms with E-state index in [1.807, 2.05) is 13.8 Å². The first-order valence-electron chi connectivity index (χ1n) is 8.35. The molecule has 2 heteroatoms. The van der Waals surface area contributed by atoms with E-state index >= 15 is 0 Å². The second-order valence-corrected chi connectivity index (χ2v) is 6.22. The highest BCUT2D eigenvalue weighted by molar-refractivity contribution is 5.77. The number of hydrogen-bond donors (Lipinski definition) is 1. The van der Waals surface area contributed by atoms with E-state index in [2.05, 4.69) is 19.2 Å². The van der Waals surface area contributed by atoms with Crippen LogP contribution in [0.1, 0.15) is 85.5 Å². The number of carbonyl (C=O) groups is 1. The predicted octanol–water partition coefficient (Wildman–Crippen LogP) is 4.93. The lowest BCUT2D eigenvalue weighted by Gasteiger charge is -2.08. The van der Waals surface area contributed by atoms with Crippen LogP contribution in [-0.4, -0.2) is 12.5 Å². The zero-order valence-electron chi connectivity index (χ0n) is 13.6. The van der Waals surface area contributed by atoms with E-state index in [0.717, 1.165) is 18.9 Å². The van der Waals surface area contributed by atoms with Crippen LogP contribution in [0.2, 0.25) is 0 Å². The van der Waals surface area contributed by atoms with E-state index in [1.54, 1.807) is 0 Å². The number of amides is 1. The second kappa shape index (κ2) is 12.5. The molecule has 114 valence electrons. The van der Waals surface area contributed by atoms with Crippen molar-refractivity contribution < 1.29 is 4.79 Å². The Kier molecular flexibility index (Phi) is 12.2. The molecule has 0 saturated carbocycles. The maximum atomic E-state index is 11.3. The average Bonchev–Trinajstić information content (AvgIpc) is 2.39. The van der Waals surface area contributed by atoms with Gasteiger partial charge in [-0.1, -0.05) is 79.1 Å². The molecule has 0 saturated heterocycles. The summed E-state index contributed by atoms with van der Waals surface area (Å²) < 4.78 is 0. The molecule has 0 radical (unpaired) electrons. The molecule has 0 aliphatic carbocycles. The molecule has 0 rings (SSSR count). The first kappa shape index (κ1) is 18.5. The van der Waals surface area contributed by atoms with Gasteiger partial charge >= 0.3 is 0 Å². The van der Waals surface area contributed by atoms with Gasteiger partial charge in [0, 0.05) is 12.5 Å². The van der Waals surface area contributed by atoms with Crippen molar-refractivity contribution in [2.75, 3.05) is 6.54 Å². The van der Waals surface area contributed by atoms with Gasteiger partial charge in [-0.15, -0.1) is 0 Å². The first-order valence-corrected chi connectivity index (χ1v) is 8.35. The molecule has 0 aliphatic heterocycles. The van der Waals surface area contributed by atoms with Gasteiger partial charge in [-0.05, 0) is 12.3 Å². The molecule has 0 heterocycles. The van der Waals surface area contributed by atoms with Crippen LogP contribution in [0.25, 0.3) is 0 Å². The maximum absolute atomic E-state index is 11.3. The third-order valence-corrected chi connectivity index (χ3v) is 3.89. The number of unbranched alkanes of at least 4 members (excludes halogenated alkanes) is 6. The SMILES string of the molecule is CCC(C)CCCCCCCCCNC(=O)C(C)C. The minimum absolute atomic E-state index is 0.116. The van der Waals surface area contributed by atoms with Crippen LogP contribution in [0.3, 0.4) is 0 Å². The van der Waals surface area contributed by atoms with Crippen LogP contribution < -0.4 is 5.32 Å². The molecule has 0 aromatic carbocycles. The van der Waals surface area contributed by atoms with Gasteiger partial charge in [0.2, 0.25) is 5.91 Å². The highest BCUT2D eigenvalue weighted by atomic mass is 16.1. The zero-order chi connectivity index (χ0) is 14.5. The molecule has 19 heavy (non-hydrogen) atoms. The largest absolute Gasteiger partial charge is 0.356 e. The van der Waals surface area contributed by atoms with Crippen molar-refractivity contribution >= 4 is 5.91 Å². The normalized spacial score (nSPS) is 12.7. The standard InChI is InChI=1S/C17H35NO/c1-5-16(4)13-11-9-7-6-8-10-12-14-18-17(19)15(2)3/h15-16H,5-14H2,1-4H3,(H,18,19). The van der Waals surface area contributed by atoms with Crippen LogP contribution in [0.5, 0.6) is 0 Å². The molecule has 0 fully saturated rings. The summed E-state index contributed by atoms with van der Waals surface area (Å²) in [5.41, 5.74) is 0. The van der Waals surface area contributed by atoms with Gasteiger partial charge in [0.05, 0.1) is 0 Å². The highest BCUT2D eigenvalue weighted by Gasteiger charge is 2.04. The highest BCUT2D eigenvalue weighted by Crippen LogP contribution is 2.14. The second-order valence-electron chi connectivity index (χ2n) is 6.22. The Labute approximate surface area is 120 Å². The molecule has 1 N–H and O–H groups in total. The molecule has 1 amide bonds. The molecular formula is C17H35NO. The smallest absolute Gasteiger partial charge is 0.222 e. The van der Waals surface area contributed by atoms with Gasteiger partial charge < -0.3 is 5.32 Å². The quantitative estimate of drug-likeness (QED) is 0.500. The molecule has 0 spiro atoms. The van der Waals surface area contributed by atoms with Crippen molar-refractivity contribution in [3.8, 4) is 0 Å². The summed E-state index contributed by atoms with van der Waals surface area (Å²) >= 11 is 0. The summed E-state index contributed by atoms with van der Waals surface area (Å²) in [5, 5.41) is 2.97. The summed E-state index contributed by atoms with van der Waals surface area (Å²) in [6.07, 6.45) is 12.0. The third-order valence-electron chi connectivity index (χ3n) is 3.89. The molecular weight excluding hydrogens is 234 g/mol. The van der Waals surface area contributed by atoms with Gasteiger partial charge in [-0.25, -0.2) is 0 Å². The van der Waals surface area contributed by atoms with E-state index in [4.69, 9.17) is 0 Å². The van der Waals surface area contributed by atoms with Crippen molar-refractivity contribution in [1.29, 1.82) is 0 Å². The van der Waals surface area contributed by atoms with Crippen molar-refractivity contribution in [3.05, 3.63) is 0 Å². The fourth-order valence-electron chi connectivity index (χ4n) is 2.12. The Bertz CT molecular complexity index is 213. The van der Waals surface area contributed by atoms with Gasteiger partial charge in [0.15, 0.2) is 0 Å². The van der Waals surface area contributed by atoms with Crippen molar-refractivity contribution in [2.24, 2.45) is 11.8 Å². The van der Waals surface area contributed by atoms with E-state index < -0.39 is 0 Å². The fraction of sp³-hybridized carbons (Fsp3) is 0.941. The predicted molar refractivity (Wildman–Crippen MR) is 84.2 cm³/mol. The lowest BCUT2D eigenvalue weighted by Crippen LogP contribution is -2.28. The minimum Gasteiger partial charge on any atom is -0.356 e. The Hall–Kier alpha value is -0.530. The van der Waals surface area contributed by atoms with E-state index in [1.165, 1.54) is 51.4 Å². The van der Waals surface area contributed by atoms with Crippen molar-refractivity contribution in [3.63, 3.8) is 0 Å². The number of nitrogens with one attached hydrogen (secondary N) is 1. The summed E-state index contributed by atoms with van der Waals surface area (Å²) in [7, 11) is 0. The molecule has 0 aliphatic rings. The van der Waals surface area contributed by atoms with Gasteiger partial charge in [0.1, 0.15) is 0 Å². The Morgan fingerprint density at radius 2 is 1.42 bits per heavy atom. The van der Waals surface area contributed by atoms with E-state index in [9.17, 15) is 4.79 Å². The van der Waals surface area contributed by atoms with Crippen molar-refractivity contribution in [2.45, 2.75) is 85.5 Å². The molecule has 1 unspecified atom stereocenters. The lowest BCUT2D eigenvalue weighted by atomic mass is 10.00. The maximum Gasteiger partial charge on any atom is 0.222 e. The Balaban J connectivity index is 3.13. The molecule has 0 aromatic rings. The molecule has 2 nitrogen and oxygen atoms in total. The van der Waals surface area contributed by atoms with Crippen LogP contribution in [0, 0.1) is 11.8 Å². The fourth-order valence-corrected chi connectivity index (χ4v) is 2.12. The van der Waals surface area contributed by atoms with Crippen LogP contribution >= 0.6 is 0 Å². The Morgan fingerprint density at radius 1 is 0.895 bits per heavy atom. The summed E-state index contributed by atoms with van der Waals surface area (Å²) in [6, 6.07) is 0. The minimum atomic E-state index is 0.116. The summed E-state index contributed by atoms with van der Waals surface area (Å²) in [4.78, 5) is 11.3. The lowest BCUT2D eigenvalue weighted by molar-refractivity contribution is -0.123.